The zero-order valence-electron chi connectivity index (χ0n) is 12.5. The first kappa shape index (κ1) is 16.2. The highest BCUT2D eigenvalue weighted by atomic mass is 16.5. The van der Waals surface area contributed by atoms with Crippen molar-refractivity contribution in [2.45, 2.75) is 13.5 Å². The molecule has 0 aliphatic carbocycles. The number of rotatable bonds is 5. The summed E-state index contributed by atoms with van der Waals surface area (Å²) < 4.78 is 5.10. The number of nitrogens with zero attached hydrogens (tertiary/aromatic N) is 1. The lowest BCUT2D eigenvalue weighted by Gasteiger charge is -2.08. The van der Waals surface area contributed by atoms with Crippen LogP contribution in [0.3, 0.4) is 0 Å². The number of aryl methyl sites for hydroxylation is 1. The number of aliphatic carboxylic acids is 1. The lowest BCUT2D eigenvalue weighted by molar-refractivity contribution is -0.131. The summed E-state index contributed by atoms with van der Waals surface area (Å²) in [5, 5.41) is 11.1. The molecule has 0 bridgehead atoms. The molecule has 1 heterocycles. The molecule has 118 valence electrons. The topological polar surface area (TPSA) is 88.5 Å². The number of carbonyl (C=O) groups excluding carboxylic acids is 1. The molecular weight excluding hydrogens is 296 g/mol. The third kappa shape index (κ3) is 5.28. The first-order chi connectivity index (χ1) is 11.0. The van der Waals surface area contributed by atoms with Gasteiger partial charge >= 0.3 is 12.1 Å². The van der Waals surface area contributed by atoms with Crippen LogP contribution in [0.1, 0.15) is 16.8 Å². The Morgan fingerprint density at radius 3 is 2.61 bits per heavy atom. The molecule has 23 heavy (non-hydrogen) atoms. The number of ether oxygens (including phenoxy) is 1. The van der Waals surface area contributed by atoms with Gasteiger partial charge in [0.05, 0.1) is 0 Å². The third-order valence-electron chi connectivity index (χ3n) is 2.98. The average Bonchev–Trinajstić information content (AvgIpc) is 2.53. The average molecular weight is 312 g/mol. The summed E-state index contributed by atoms with van der Waals surface area (Å²) in [6.45, 7) is 1.90. The number of pyridine rings is 1. The van der Waals surface area contributed by atoms with E-state index in [1.54, 1.807) is 19.1 Å². The Morgan fingerprint density at radius 2 is 1.96 bits per heavy atom. The van der Waals surface area contributed by atoms with Crippen LogP contribution in [0.5, 0.6) is 0 Å². The molecule has 0 fully saturated rings. The molecule has 0 aliphatic rings. The minimum atomic E-state index is -1.03. The maximum Gasteiger partial charge on any atom is 0.413 e. The van der Waals surface area contributed by atoms with Crippen LogP contribution in [0.2, 0.25) is 0 Å². The molecule has 6 nitrogen and oxygen atoms in total. The maximum atomic E-state index is 11.7. The fraction of sp³-hybridized carbons (Fsp3) is 0.118. The van der Waals surface area contributed by atoms with Crippen LogP contribution in [0.15, 0.2) is 48.5 Å². The van der Waals surface area contributed by atoms with Crippen molar-refractivity contribution in [1.82, 2.24) is 4.98 Å². The van der Waals surface area contributed by atoms with Gasteiger partial charge in [0.1, 0.15) is 12.4 Å². The molecule has 0 saturated heterocycles. The van der Waals surface area contributed by atoms with Crippen molar-refractivity contribution in [2.75, 3.05) is 5.32 Å². The van der Waals surface area contributed by atoms with Crippen LogP contribution in [-0.2, 0) is 16.1 Å². The number of carboxylic acids is 1. The Balaban J connectivity index is 1.93. The van der Waals surface area contributed by atoms with Gasteiger partial charge in [0, 0.05) is 11.8 Å². The summed E-state index contributed by atoms with van der Waals surface area (Å²) in [5.74, 6) is -0.691. The van der Waals surface area contributed by atoms with Crippen LogP contribution in [-0.4, -0.2) is 22.2 Å². The number of benzene rings is 1. The van der Waals surface area contributed by atoms with Crippen LogP contribution < -0.4 is 5.32 Å². The van der Waals surface area contributed by atoms with Crippen LogP contribution in [0, 0.1) is 6.92 Å². The smallest absolute Gasteiger partial charge is 0.413 e. The standard InChI is InChI=1S/C17H16N2O4/c1-12-14(8-10-16(20)21)7-9-15(18-12)19-17(22)23-11-13-5-3-2-4-6-13/h2-10H,11H2,1H3,(H,20,21)(H,18,19,22)/b10-8+. The maximum absolute atomic E-state index is 11.7. The molecule has 6 heteroatoms. The minimum absolute atomic E-state index is 0.172. The van der Waals surface area contributed by atoms with E-state index >= 15 is 0 Å². The van der Waals surface area contributed by atoms with E-state index in [0.29, 0.717) is 17.1 Å². The van der Waals surface area contributed by atoms with Crippen molar-refractivity contribution in [2.24, 2.45) is 0 Å². The van der Waals surface area contributed by atoms with Gasteiger partial charge in [-0.25, -0.2) is 14.6 Å². The van der Waals surface area contributed by atoms with Crippen molar-refractivity contribution < 1.29 is 19.4 Å². The van der Waals surface area contributed by atoms with Crippen molar-refractivity contribution in [1.29, 1.82) is 0 Å². The van der Waals surface area contributed by atoms with Crippen LogP contribution in [0.4, 0.5) is 10.6 Å². The van der Waals surface area contributed by atoms with E-state index in [9.17, 15) is 9.59 Å². The molecule has 1 aromatic heterocycles. The van der Waals surface area contributed by atoms with Crippen molar-refractivity contribution in [3.05, 3.63) is 65.4 Å². The van der Waals surface area contributed by atoms with E-state index in [0.717, 1.165) is 11.6 Å². The van der Waals surface area contributed by atoms with Crippen LogP contribution in [0.25, 0.3) is 6.08 Å². The van der Waals surface area contributed by atoms with E-state index in [2.05, 4.69) is 10.3 Å². The molecule has 0 spiro atoms. The van der Waals surface area contributed by atoms with Gasteiger partial charge in [0.25, 0.3) is 0 Å². The second kappa shape index (κ2) is 7.74. The Morgan fingerprint density at radius 1 is 1.22 bits per heavy atom. The van der Waals surface area contributed by atoms with E-state index in [4.69, 9.17) is 9.84 Å². The van der Waals surface area contributed by atoms with Crippen LogP contribution >= 0.6 is 0 Å². The number of carboxylic acid groups (broad SMARTS) is 1. The van der Waals surface area contributed by atoms with E-state index in [1.165, 1.54) is 6.08 Å². The summed E-state index contributed by atoms with van der Waals surface area (Å²) in [4.78, 5) is 26.4. The number of aromatic nitrogens is 1. The zero-order valence-corrected chi connectivity index (χ0v) is 12.5. The molecule has 2 N–H and O–H groups in total. The first-order valence-electron chi connectivity index (χ1n) is 6.91. The molecular formula is C17H16N2O4. The molecule has 0 radical (unpaired) electrons. The molecule has 0 aliphatic heterocycles. The Hall–Kier alpha value is -3.15. The largest absolute Gasteiger partial charge is 0.478 e. The van der Waals surface area contributed by atoms with Gasteiger partial charge in [-0.15, -0.1) is 0 Å². The number of hydrogen-bond acceptors (Lipinski definition) is 4. The minimum Gasteiger partial charge on any atom is -0.478 e. The predicted molar refractivity (Wildman–Crippen MR) is 85.9 cm³/mol. The SMILES string of the molecule is Cc1nc(NC(=O)OCc2ccccc2)ccc1/C=C/C(=O)O. The highest BCUT2D eigenvalue weighted by Gasteiger charge is 2.06. The van der Waals surface area contributed by atoms with Gasteiger partial charge in [0.2, 0.25) is 0 Å². The molecule has 2 aromatic rings. The lowest BCUT2D eigenvalue weighted by Crippen LogP contribution is -2.14. The fourth-order valence-corrected chi connectivity index (χ4v) is 1.84. The first-order valence-corrected chi connectivity index (χ1v) is 6.91. The highest BCUT2D eigenvalue weighted by Crippen LogP contribution is 2.12. The van der Waals surface area contributed by atoms with Gasteiger partial charge in [0.15, 0.2) is 0 Å². The summed E-state index contributed by atoms with van der Waals surface area (Å²) in [7, 11) is 0. The highest BCUT2D eigenvalue weighted by molar-refractivity contribution is 5.86. The number of carbonyl (C=O) groups is 2. The molecule has 2 rings (SSSR count). The third-order valence-corrected chi connectivity index (χ3v) is 2.98. The van der Waals surface area contributed by atoms with E-state index in [-0.39, 0.29) is 6.61 Å². The summed E-state index contributed by atoms with van der Waals surface area (Å²) in [6, 6.07) is 12.6. The Labute approximate surface area is 133 Å². The van der Waals surface area contributed by atoms with Gasteiger partial charge in [-0.3, -0.25) is 5.32 Å². The number of hydrogen-bond donors (Lipinski definition) is 2. The molecule has 1 amide bonds. The monoisotopic (exact) mass is 312 g/mol. The summed E-state index contributed by atoms with van der Waals surface area (Å²) >= 11 is 0. The van der Waals surface area contributed by atoms with Crippen molar-refractivity contribution in [3.8, 4) is 0 Å². The second-order valence-corrected chi connectivity index (χ2v) is 4.73. The van der Waals surface area contributed by atoms with Crippen molar-refractivity contribution in [3.63, 3.8) is 0 Å². The summed E-state index contributed by atoms with van der Waals surface area (Å²) in [6.07, 6.45) is 1.88. The second-order valence-electron chi connectivity index (χ2n) is 4.73. The van der Waals surface area contributed by atoms with Gasteiger partial charge in [-0.05, 0) is 36.3 Å². The van der Waals surface area contributed by atoms with E-state index < -0.39 is 12.1 Å². The normalized spacial score (nSPS) is 10.5. The predicted octanol–water partition coefficient (Wildman–Crippen LogP) is 3.24. The Kier molecular flexibility index (Phi) is 5.46. The number of amides is 1. The van der Waals surface area contributed by atoms with Gasteiger partial charge in [-0.2, -0.15) is 0 Å². The molecule has 0 unspecified atom stereocenters. The Bertz CT molecular complexity index is 727. The zero-order chi connectivity index (χ0) is 16.7. The lowest BCUT2D eigenvalue weighted by atomic mass is 10.2. The quantitative estimate of drug-likeness (QED) is 0.827. The van der Waals surface area contributed by atoms with Gasteiger partial charge < -0.3 is 9.84 Å². The fourth-order valence-electron chi connectivity index (χ4n) is 1.84. The number of nitrogens with one attached hydrogen (secondary N) is 1. The summed E-state index contributed by atoms with van der Waals surface area (Å²) in [5.41, 5.74) is 2.15. The molecule has 0 atom stereocenters. The molecule has 0 saturated carbocycles. The van der Waals surface area contributed by atoms with Crippen molar-refractivity contribution >= 4 is 24.0 Å². The van der Waals surface area contributed by atoms with Gasteiger partial charge in [-0.1, -0.05) is 30.3 Å². The number of anilines is 1. The molecule has 1 aromatic carbocycles. The van der Waals surface area contributed by atoms with E-state index in [1.807, 2.05) is 30.3 Å².